The molecule has 32 heavy (non-hydrogen) atoms. The third kappa shape index (κ3) is 4.27. The molecule has 0 spiro atoms. The van der Waals surface area contributed by atoms with Gasteiger partial charge in [0.25, 0.3) is 0 Å². The number of amides is 1. The lowest BCUT2D eigenvalue weighted by molar-refractivity contribution is -0.125. The van der Waals surface area contributed by atoms with Crippen molar-refractivity contribution in [3.8, 4) is 11.3 Å². The van der Waals surface area contributed by atoms with Gasteiger partial charge in [0.2, 0.25) is 5.91 Å². The standard InChI is InChI=1S/C26H29FN4O/c27-22-11-8-20(9-12-22)24-17-29-25-13-10-21(18-31(24)25)26(32)28-14-4-16-30-15-3-6-19-5-1-2-7-23(19)30/h1-2,5,7-9,11-12,17,21H,3-4,6,10,13-16,18H2,(H,28,32). The lowest BCUT2D eigenvalue weighted by atomic mass is 9.98. The highest BCUT2D eigenvalue weighted by atomic mass is 19.1. The Hall–Kier alpha value is -3.15. The van der Waals surface area contributed by atoms with Crippen molar-refractivity contribution in [3.63, 3.8) is 0 Å². The highest BCUT2D eigenvalue weighted by molar-refractivity contribution is 5.79. The maximum Gasteiger partial charge on any atom is 0.224 e. The number of carbonyl (C=O) groups is 1. The van der Waals surface area contributed by atoms with E-state index in [4.69, 9.17) is 0 Å². The van der Waals surface area contributed by atoms with Crippen molar-refractivity contribution in [2.45, 2.75) is 38.6 Å². The van der Waals surface area contributed by atoms with E-state index < -0.39 is 0 Å². The first-order valence-electron chi connectivity index (χ1n) is 11.6. The topological polar surface area (TPSA) is 50.2 Å². The first-order chi connectivity index (χ1) is 15.7. The molecule has 2 aliphatic heterocycles. The Morgan fingerprint density at radius 3 is 2.84 bits per heavy atom. The minimum atomic E-state index is -0.252. The lowest BCUT2D eigenvalue weighted by Gasteiger charge is -2.31. The van der Waals surface area contributed by atoms with E-state index in [1.807, 2.05) is 6.20 Å². The van der Waals surface area contributed by atoms with Crippen molar-refractivity contribution >= 4 is 11.6 Å². The lowest BCUT2D eigenvalue weighted by Crippen LogP contribution is -2.38. The normalized spacial score (nSPS) is 17.5. The maximum atomic E-state index is 13.3. The van der Waals surface area contributed by atoms with E-state index in [0.717, 1.165) is 55.9 Å². The number of halogens is 1. The van der Waals surface area contributed by atoms with Gasteiger partial charge in [-0.25, -0.2) is 9.37 Å². The molecule has 0 saturated heterocycles. The van der Waals surface area contributed by atoms with Crippen molar-refractivity contribution < 1.29 is 9.18 Å². The fourth-order valence-corrected chi connectivity index (χ4v) is 4.97. The van der Waals surface area contributed by atoms with Crippen LogP contribution < -0.4 is 10.2 Å². The summed E-state index contributed by atoms with van der Waals surface area (Å²) in [5, 5.41) is 3.16. The predicted molar refractivity (Wildman–Crippen MR) is 124 cm³/mol. The number of hydrogen-bond acceptors (Lipinski definition) is 3. The molecule has 6 heteroatoms. The number of nitrogens with zero attached hydrogens (tertiary/aromatic N) is 3. The van der Waals surface area contributed by atoms with Gasteiger partial charge < -0.3 is 14.8 Å². The second kappa shape index (κ2) is 9.15. The average Bonchev–Trinajstić information content (AvgIpc) is 3.25. The molecule has 0 bridgehead atoms. The highest BCUT2D eigenvalue weighted by Crippen LogP contribution is 2.28. The van der Waals surface area contributed by atoms with Crippen LogP contribution in [0.5, 0.6) is 0 Å². The van der Waals surface area contributed by atoms with Crippen LogP contribution in [0.3, 0.4) is 0 Å². The Morgan fingerprint density at radius 2 is 1.97 bits per heavy atom. The van der Waals surface area contributed by atoms with Crippen molar-refractivity contribution in [2.24, 2.45) is 5.92 Å². The van der Waals surface area contributed by atoms with Crippen LogP contribution in [0.25, 0.3) is 11.3 Å². The Balaban J connectivity index is 1.15. The molecule has 2 aromatic carbocycles. The summed E-state index contributed by atoms with van der Waals surface area (Å²) in [7, 11) is 0. The number of aromatic nitrogens is 2. The number of fused-ring (bicyclic) bond motifs is 2. The van der Waals surface area contributed by atoms with Gasteiger partial charge >= 0.3 is 0 Å². The van der Waals surface area contributed by atoms with Crippen LogP contribution >= 0.6 is 0 Å². The van der Waals surface area contributed by atoms with Gasteiger partial charge in [-0.05, 0) is 67.1 Å². The molecule has 1 aromatic heterocycles. The molecule has 5 nitrogen and oxygen atoms in total. The minimum absolute atomic E-state index is 0.0633. The van der Waals surface area contributed by atoms with Crippen molar-refractivity contribution in [1.29, 1.82) is 0 Å². The van der Waals surface area contributed by atoms with Crippen molar-refractivity contribution in [1.82, 2.24) is 14.9 Å². The summed E-state index contributed by atoms with van der Waals surface area (Å²) < 4.78 is 15.4. The van der Waals surface area contributed by atoms with Crippen LogP contribution in [0, 0.1) is 11.7 Å². The summed E-state index contributed by atoms with van der Waals surface area (Å²) in [6.07, 6.45) is 6.70. The summed E-state index contributed by atoms with van der Waals surface area (Å²) in [5.74, 6) is 0.801. The van der Waals surface area contributed by atoms with Crippen LogP contribution in [0.1, 0.15) is 30.7 Å². The van der Waals surface area contributed by atoms with E-state index >= 15 is 0 Å². The number of aryl methyl sites for hydroxylation is 2. The summed E-state index contributed by atoms with van der Waals surface area (Å²) in [5.41, 5.74) is 4.64. The zero-order valence-electron chi connectivity index (χ0n) is 18.3. The Morgan fingerprint density at radius 1 is 1.12 bits per heavy atom. The van der Waals surface area contributed by atoms with Crippen LogP contribution in [0.15, 0.2) is 54.7 Å². The SMILES string of the molecule is O=C(NCCCN1CCCc2ccccc21)C1CCc2ncc(-c3ccc(F)cc3)n2C1. The molecule has 3 aromatic rings. The number of para-hydroxylation sites is 1. The maximum absolute atomic E-state index is 13.3. The first-order valence-corrected chi connectivity index (χ1v) is 11.6. The zero-order valence-corrected chi connectivity index (χ0v) is 18.3. The zero-order chi connectivity index (χ0) is 21.9. The Labute approximate surface area is 188 Å². The monoisotopic (exact) mass is 432 g/mol. The van der Waals surface area contributed by atoms with Gasteiger partial charge in [0.1, 0.15) is 11.6 Å². The third-order valence-corrected chi connectivity index (χ3v) is 6.68. The molecular formula is C26H29FN4O. The average molecular weight is 433 g/mol. The van der Waals surface area contributed by atoms with E-state index in [9.17, 15) is 9.18 Å². The molecule has 0 radical (unpaired) electrons. The summed E-state index contributed by atoms with van der Waals surface area (Å²) >= 11 is 0. The van der Waals surface area contributed by atoms with Gasteiger partial charge in [-0.2, -0.15) is 0 Å². The number of rotatable bonds is 6. The minimum Gasteiger partial charge on any atom is -0.371 e. The Bertz CT molecular complexity index is 1090. The summed E-state index contributed by atoms with van der Waals surface area (Å²) in [6.45, 7) is 3.36. The van der Waals surface area contributed by atoms with Crippen molar-refractivity contribution in [2.75, 3.05) is 24.5 Å². The van der Waals surface area contributed by atoms with Gasteiger partial charge in [-0.3, -0.25) is 4.79 Å². The molecule has 166 valence electrons. The molecule has 5 rings (SSSR count). The molecule has 0 aliphatic carbocycles. The fourth-order valence-electron chi connectivity index (χ4n) is 4.97. The first kappa shape index (κ1) is 20.7. The van der Waals surface area contributed by atoms with E-state index in [2.05, 4.69) is 44.0 Å². The van der Waals surface area contributed by atoms with Gasteiger partial charge in [0.05, 0.1) is 17.8 Å². The smallest absolute Gasteiger partial charge is 0.224 e. The molecule has 0 fully saturated rings. The number of hydrogen-bond donors (Lipinski definition) is 1. The largest absolute Gasteiger partial charge is 0.371 e. The van der Waals surface area contributed by atoms with E-state index in [1.54, 1.807) is 12.1 Å². The van der Waals surface area contributed by atoms with E-state index in [1.165, 1.54) is 29.8 Å². The molecule has 1 N–H and O–H groups in total. The van der Waals surface area contributed by atoms with E-state index in [0.29, 0.717) is 13.1 Å². The molecular weight excluding hydrogens is 403 g/mol. The highest BCUT2D eigenvalue weighted by Gasteiger charge is 2.27. The summed E-state index contributed by atoms with van der Waals surface area (Å²) in [6, 6.07) is 15.1. The van der Waals surface area contributed by atoms with Crippen molar-refractivity contribution in [3.05, 3.63) is 71.9 Å². The third-order valence-electron chi connectivity index (χ3n) is 6.68. The molecule has 3 heterocycles. The number of anilines is 1. The van der Waals surface area contributed by atoms with Gasteiger partial charge in [-0.15, -0.1) is 0 Å². The molecule has 2 aliphatic rings. The number of benzene rings is 2. The number of carbonyl (C=O) groups excluding carboxylic acids is 1. The summed E-state index contributed by atoms with van der Waals surface area (Å²) in [4.78, 5) is 19.8. The second-order valence-corrected chi connectivity index (χ2v) is 8.78. The molecule has 1 amide bonds. The van der Waals surface area contributed by atoms with Crippen LogP contribution in [0.2, 0.25) is 0 Å². The van der Waals surface area contributed by atoms with Crippen LogP contribution in [0.4, 0.5) is 10.1 Å². The predicted octanol–water partition coefficient (Wildman–Crippen LogP) is 4.21. The second-order valence-electron chi connectivity index (χ2n) is 8.78. The Kier molecular flexibility index (Phi) is 5.93. The van der Waals surface area contributed by atoms with Gasteiger partial charge in [-0.1, -0.05) is 18.2 Å². The number of imidazole rings is 1. The van der Waals surface area contributed by atoms with E-state index in [-0.39, 0.29) is 17.6 Å². The quantitative estimate of drug-likeness (QED) is 0.594. The van der Waals surface area contributed by atoms with Crippen LogP contribution in [-0.2, 0) is 24.2 Å². The molecule has 1 unspecified atom stereocenters. The van der Waals surface area contributed by atoms with Gasteiger partial charge in [0, 0.05) is 38.3 Å². The molecule has 1 atom stereocenters. The van der Waals surface area contributed by atoms with Crippen LogP contribution in [-0.4, -0.2) is 35.1 Å². The fraction of sp³-hybridized carbons (Fsp3) is 0.385. The van der Waals surface area contributed by atoms with Gasteiger partial charge in [0.15, 0.2) is 0 Å². The molecule has 0 saturated carbocycles. The number of nitrogens with one attached hydrogen (secondary N) is 1.